The second kappa shape index (κ2) is 7.54. The van der Waals surface area contributed by atoms with Crippen LogP contribution in [0.3, 0.4) is 0 Å². The summed E-state index contributed by atoms with van der Waals surface area (Å²) in [5.41, 5.74) is 0.660. The van der Waals surface area contributed by atoms with Gasteiger partial charge in [0.05, 0.1) is 12.7 Å². The van der Waals surface area contributed by atoms with Crippen LogP contribution in [0.25, 0.3) is 0 Å². The number of amides is 2. The van der Waals surface area contributed by atoms with Gasteiger partial charge in [0, 0.05) is 24.7 Å². The number of rotatable bonds is 3. The predicted octanol–water partition coefficient (Wildman–Crippen LogP) is 2.21. The van der Waals surface area contributed by atoms with E-state index in [2.05, 4.69) is 10.1 Å². The van der Waals surface area contributed by atoms with Crippen molar-refractivity contribution in [2.75, 3.05) is 25.5 Å². The number of methoxy groups -OCH3 is 1. The Balaban J connectivity index is 1.93. The van der Waals surface area contributed by atoms with E-state index in [-0.39, 0.29) is 37.4 Å². The van der Waals surface area contributed by atoms with Gasteiger partial charge in [-0.3, -0.25) is 9.59 Å². The summed E-state index contributed by atoms with van der Waals surface area (Å²) in [6.45, 7) is -0.253. The van der Waals surface area contributed by atoms with Crippen LogP contribution in [0, 0.1) is 5.92 Å². The summed E-state index contributed by atoms with van der Waals surface area (Å²) >= 11 is 0. The highest BCUT2D eigenvalue weighted by Gasteiger charge is 2.43. The predicted molar refractivity (Wildman–Crippen MR) is 81.8 cm³/mol. The number of ether oxygens (including phenoxy) is 1. The van der Waals surface area contributed by atoms with E-state index in [4.69, 9.17) is 0 Å². The van der Waals surface area contributed by atoms with Gasteiger partial charge in [0.2, 0.25) is 5.91 Å². The maximum atomic E-state index is 12.4. The van der Waals surface area contributed by atoms with Crippen molar-refractivity contribution in [2.45, 2.75) is 19.0 Å². The normalized spacial score (nSPS) is 15.6. The fourth-order valence-corrected chi connectivity index (χ4v) is 2.61. The first-order valence-electron chi connectivity index (χ1n) is 7.57. The molecule has 1 aliphatic rings. The molecule has 1 aromatic carbocycles. The molecule has 2 rings (SSSR count). The largest absolute Gasteiger partial charge is 0.471 e. The summed E-state index contributed by atoms with van der Waals surface area (Å²) in [6, 6.07) is 6.15. The van der Waals surface area contributed by atoms with Crippen LogP contribution in [-0.2, 0) is 14.3 Å². The molecule has 0 aromatic heterocycles. The zero-order valence-electron chi connectivity index (χ0n) is 13.4. The number of piperidine rings is 1. The van der Waals surface area contributed by atoms with Gasteiger partial charge in [-0.2, -0.15) is 13.2 Å². The van der Waals surface area contributed by atoms with E-state index in [0.29, 0.717) is 10.6 Å². The third kappa shape index (κ3) is 4.71. The van der Waals surface area contributed by atoms with Crippen molar-refractivity contribution in [3.63, 3.8) is 0 Å². The Labute approximate surface area is 141 Å². The Morgan fingerprint density at radius 3 is 2.40 bits per heavy atom. The first kappa shape index (κ1) is 18.8. The second-order valence-corrected chi connectivity index (χ2v) is 5.63. The van der Waals surface area contributed by atoms with Crippen LogP contribution in [0.2, 0.25) is 0 Å². The van der Waals surface area contributed by atoms with Crippen molar-refractivity contribution in [3.8, 4) is 0 Å². The summed E-state index contributed by atoms with van der Waals surface area (Å²) in [4.78, 5) is 35.6. The third-order valence-corrected chi connectivity index (χ3v) is 3.95. The Morgan fingerprint density at radius 1 is 1.20 bits per heavy atom. The number of esters is 1. The molecule has 1 saturated heterocycles. The number of hydrogen-bond donors (Lipinski definition) is 1. The molecule has 9 heteroatoms. The number of halogens is 3. The first-order valence-corrected chi connectivity index (χ1v) is 7.57. The topological polar surface area (TPSA) is 75.7 Å². The van der Waals surface area contributed by atoms with E-state index in [1.807, 2.05) is 0 Å². The molecule has 1 heterocycles. The molecule has 0 bridgehead atoms. The lowest BCUT2D eigenvalue weighted by molar-refractivity contribution is -0.186. The molecule has 1 aromatic rings. The summed E-state index contributed by atoms with van der Waals surface area (Å²) in [6.07, 6.45) is -4.61. The molecular formula is C16H17F3N2O4. The Hall–Kier alpha value is -2.58. The highest BCUT2D eigenvalue weighted by Crippen LogP contribution is 2.25. The lowest BCUT2D eigenvalue weighted by Gasteiger charge is -2.31. The molecule has 2 amide bonds. The van der Waals surface area contributed by atoms with E-state index < -0.39 is 24.0 Å². The van der Waals surface area contributed by atoms with Crippen LogP contribution in [-0.4, -0.2) is 49.1 Å². The maximum Gasteiger partial charge on any atom is 0.471 e. The van der Waals surface area contributed by atoms with Gasteiger partial charge in [-0.25, -0.2) is 4.79 Å². The minimum atomic E-state index is -4.90. The number of anilines is 1. The fourth-order valence-electron chi connectivity index (χ4n) is 2.61. The molecule has 0 saturated carbocycles. The van der Waals surface area contributed by atoms with Crippen molar-refractivity contribution in [1.29, 1.82) is 0 Å². The Kier molecular flexibility index (Phi) is 5.66. The van der Waals surface area contributed by atoms with Crippen molar-refractivity contribution >= 4 is 23.5 Å². The Bertz CT molecular complexity index is 668. The smallest absolute Gasteiger partial charge is 0.465 e. The van der Waals surface area contributed by atoms with Gasteiger partial charge < -0.3 is 15.0 Å². The number of alkyl halides is 3. The van der Waals surface area contributed by atoms with Crippen molar-refractivity contribution in [3.05, 3.63) is 29.8 Å². The first-order chi connectivity index (χ1) is 11.7. The van der Waals surface area contributed by atoms with Crippen LogP contribution in [0.5, 0.6) is 0 Å². The SMILES string of the molecule is COC(=O)c1cccc(NC(=O)C2CCN(C(=O)C(F)(F)F)CC2)c1. The summed E-state index contributed by atoms with van der Waals surface area (Å²) < 4.78 is 41.8. The number of carbonyl (C=O) groups is 3. The number of benzene rings is 1. The summed E-state index contributed by atoms with van der Waals surface area (Å²) in [5.74, 6) is -3.28. The fraction of sp³-hybridized carbons (Fsp3) is 0.438. The number of hydrogen-bond acceptors (Lipinski definition) is 4. The zero-order chi connectivity index (χ0) is 18.6. The standard InChI is InChI=1S/C16H17F3N2O4/c1-25-14(23)11-3-2-4-12(9-11)20-13(22)10-5-7-21(8-6-10)15(24)16(17,18)19/h2-4,9-10H,5-8H2,1H3,(H,20,22). The van der Waals surface area contributed by atoms with Gasteiger partial charge in [-0.1, -0.05) is 6.07 Å². The zero-order valence-corrected chi connectivity index (χ0v) is 13.4. The molecule has 0 unspecified atom stereocenters. The molecule has 25 heavy (non-hydrogen) atoms. The van der Waals surface area contributed by atoms with Crippen molar-refractivity contribution < 1.29 is 32.3 Å². The highest BCUT2D eigenvalue weighted by atomic mass is 19.4. The third-order valence-electron chi connectivity index (χ3n) is 3.95. The molecule has 0 atom stereocenters. The Morgan fingerprint density at radius 2 is 1.84 bits per heavy atom. The number of carbonyl (C=O) groups excluding carboxylic acids is 3. The molecule has 0 spiro atoms. The van der Waals surface area contributed by atoms with E-state index in [1.54, 1.807) is 12.1 Å². The van der Waals surface area contributed by atoms with Gasteiger partial charge in [0.15, 0.2) is 0 Å². The summed E-state index contributed by atoms with van der Waals surface area (Å²) in [7, 11) is 1.24. The maximum absolute atomic E-state index is 12.4. The number of nitrogens with zero attached hydrogens (tertiary/aromatic N) is 1. The molecular weight excluding hydrogens is 341 g/mol. The van der Waals surface area contributed by atoms with Gasteiger partial charge >= 0.3 is 18.1 Å². The van der Waals surface area contributed by atoms with Gasteiger partial charge in [0.25, 0.3) is 0 Å². The van der Waals surface area contributed by atoms with E-state index in [9.17, 15) is 27.6 Å². The van der Waals surface area contributed by atoms with Crippen LogP contribution >= 0.6 is 0 Å². The highest BCUT2D eigenvalue weighted by molar-refractivity contribution is 5.95. The molecule has 0 radical (unpaired) electrons. The van der Waals surface area contributed by atoms with Crippen LogP contribution in [0.1, 0.15) is 23.2 Å². The molecule has 6 nitrogen and oxygen atoms in total. The lowest BCUT2D eigenvalue weighted by atomic mass is 9.95. The molecule has 1 N–H and O–H groups in total. The molecule has 1 fully saturated rings. The monoisotopic (exact) mass is 358 g/mol. The average molecular weight is 358 g/mol. The van der Waals surface area contributed by atoms with Crippen LogP contribution in [0.15, 0.2) is 24.3 Å². The lowest BCUT2D eigenvalue weighted by Crippen LogP contribution is -2.46. The minimum absolute atomic E-state index is 0.126. The van der Waals surface area contributed by atoms with Gasteiger partial charge in [-0.05, 0) is 31.0 Å². The van der Waals surface area contributed by atoms with Gasteiger partial charge in [-0.15, -0.1) is 0 Å². The molecule has 0 aliphatic carbocycles. The number of nitrogens with one attached hydrogen (secondary N) is 1. The van der Waals surface area contributed by atoms with E-state index >= 15 is 0 Å². The number of likely N-dealkylation sites (tertiary alicyclic amines) is 1. The van der Waals surface area contributed by atoms with E-state index in [1.165, 1.54) is 19.2 Å². The van der Waals surface area contributed by atoms with Crippen LogP contribution in [0.4, 0.5) is 18.9 Å². The van der Waals surface area contributed by atoms with Gasteiger partial charge in [0.1, 0.15) is 0 Å². The van der Waals surface area contributed by atoms with E-state index in [0.717, 1.165) is 0 Å². The van der Waals surface area contributed by atoms with Crippen LogP contribution < -0.4 is 5.32 Å². The quantitative estimate of drug-likeness (QED) is 0.841. The average Bonchev–Trinajstić information content (AvgIpc) is 2.60. The summed E-state index contributed by atoms with van der Waals surface area (Å²) in [5, 5.41) is 2.63. The second-order valence-electron chi connectivity index (χ2n) is 5.63. The van der Waals surface area contributed by atoms with Crippen molar-refractivity contribution in [1.82, 2.24) is 4.90 Å². The molecule has 136 valence electrons. The molecule has 1 aliphatic heterocycles. The minimum Gasteiger partial charge on any atom is -0.465 e. The van der Waals surface area contributed by atoms with Crippen molar-refractivity contribution in [2.24, 2.45) is 5.92 Å².